The summed E-state index contributed by atoms with van der Waals surface area (Å²) in [5, 5.41) is 9.35. The molecule has 7 heteroatoms. The Morgan fingerprint density at radius 1 is 1.16 bits per heavy atom. The van der Waals surface area contributed by atoms with Crippen LogP contribution in [-0.2, 0) is 4.79 Å². The Bertz CT molecular complexity index is 807. The zero-order chi connectivity index (χ0) is 26.9. The molecule has 0 bridgehead atoms. The van der Waals surface area contributed by atoms with Crippen molar-refractivity contribution < 1.29 is 4.79 Å². The molecular formula is C30H52N6O. The van der Waals surface area contributed by atoms with E-state index in [1.165, 1.54) is 45.1 Å². The zero-order valence-corrected chi connectivity index (χ0v) is 22.8. The Morgan fingerprint density at radius 3 is 2.51 bits per heavy atom. The Balaban J connectivity index is 0. The minimum Gasteiger partial charge on any atom is -0.402 e. The number of hydrogen-bond donors (Lipinski definition) is 4. The quantitative estimate of drug-likeness (QED) is 0.160. The van der Waals surface area contributed by atoms with Crippen LogP contribution in [0.5, 0.6) is 0 Å². The molecule has 7 nitrogen and oxygen atoms in total. The van der Waals surface area contributed by atoms with E-state index in [2.05, 4.69) is 46.6 Å². The molecule has 1 aliphatic heterocycles. The molecule has 3 rings (SSSR count). The molecule has 0 saturated carbocycles. The summed E-state index contributed by atoms with van der Waals surface area (Å²) < 4.78 is 0. The smallest absolute Gasteiger partial charge is 0.211 e. The van der Waals surface area contributed by atoms with Crippen molar-refractivity contribution in [3.8, 4) is 0 Å². The van der Waals surface area contributed by atoms with E-state index in [9.17, 15) is 4.79 Å². The molecule has 1 aromatic carbocycles. The molecule has 37 heavy (non-hydrogen) atoms. The van der Waals surface area contributed by atoms with Crippen LogP contribution in [0.2, 0.25) is 0 Å². The van der Waals surface area contributed by atoms with Crippen molar-refractivity contribution in [2.24, 2.45) is 15.7 Å². The maximum atomic E-state index is 10.5. The summed E-state index contributed by atoms with van der Waals surface area (Å²) in [6.45, 7) is 12.7. The molecule has 1 aromatic rings. The molecule has 1 unspecified atom stereocenters. The highest BCUT2D eigenvalue weighted by Gasteiger charge is 2.08. The molecule has 1 aliphatic carbocycles. The summed E-state index contributed by atoms with van der Waals surface area (Å²) in [6.07, 6.45) is 14.8. The molecule has 0 spiro atoms. The minimum atomic E-state index is 0. The van der Waals surface area contributed by atoms with Crippen LogP contribution in [0.25, 0.3) is 5.57 Å². The third-order valence-corrected chi connectivity index (χ3v) is 5.34. The minimum absolute atomic E-state index is 0. The number of unbranched alkanes of at least 4 members (excludes halogenated alkanes) is 1. The SMILES string of the molecule is C.C=NC=NCCCC.CC.CNC1CCCNCC1.NC1=CC=C(c2ccccc2)C=C(NC=O)C1. The Hall–Kier alpha value is -3.03. The third-order valence-electron chi connectivity index (χ3n) is 5.34. The standard InChI is InChI=1S/C14H14N2O.C7H16N2.C6H12N2.C2H6.CH4/c15-13-7-6-12(8-14(9-13)16-10-17)11-4-2-1-3-5-11;1-8-7-3-2-5-9-6-4-7;1-3-4-5-8-6-7-2;1-2;/h1-8,10H,9,15H2,(H,16,17);7-9H,2-6H2,1H3;6H,2-5H2,1H3;1-2H3;1H4. The van der Waals surface area contributed by atoms with Gasteiger partial charge < -0.3 is 21.7 Å². The summed E-state index contributed by atoms with van der Waals surface area (Å²) in [6, 6.07) is 10.7. The van der Waals surface area contributed by atoms with Crippen LogP contribution in [-0.4, -0.2) is 52.2 Å². The van der Waals surface area contributed by atoms with E-state index in [-0.39, 0.29) is 7.43 Å². The van der Waals surface area contributed by atoms with Gasteiger partial charge in [0.2, 0.25) is 6.41 Å². The van der Waals surface area contributed by atoms with Gasteiger partial charge in [0.25, 0.3) is 0 Å². The third kappa shape index (κ3) is 18.8. The zero-order valence-electron chi connectivity index (χ0n) is 22.8. The first kappa shape index (κ1) is 36.1. The van der Waals surface area contributed by atoms with Crippen LogP contribution in [0.4, 0.5) is 0 Å². The lowest BCUT2D eigenvalue weighted by molar-refractivity contribution is -0.108. The molecule has 0 radical (unpaired) electrons. The van der Waals surface area contributed by atoms with Crippen LogP contribution < -0.4 is 21.7 Å². The molecule has 208 valence electrons. The van der Waals surface area contributed by atoms with E-state index in [1.807, 2.05) is 62.4 Å². The first-order valence-electron chi connectivity index (χ1n) is 13.1. The van der Waals surface area contributed by atoms with E-state index in [0.717, 1.165) is 41.5 Å². The number of nitrogens with two attached hydrogens (primary N) is 1. The van der Waals surface area contributed by atoms with E-state index in [4.69, 9.17) is 5.73 Å². The largest absolute Gasteiger partial charge is 0.402 e. The summed E-state index contributed by atoms with van der Waals surface area (Å²) in [5.74, 6) is 0. The average molecular weight is 513 g/mol. The number of nitrogens with zero attached hydrogens (tertiary/aromatic N) is 2. The van der Waals surface area contributed by atoms with Gasteiger partial charge in [-0.2, -0.15) is 0 Å². The molecule has 2 aliphatic rings. The maximum Gasteiger partial charge on any atom is 0.211 e. The number of carbonyl (C=O) groups is 1. The van der Waals surface area contributed by atoms with E-state index >= 15 is 0 Å². The predicted molar refractivity (Wildman–Crippen MR) is 164 cm³/mol. The van der Waals surface area contributed by atoms with Gasteiger partial charge in [0.15, 0.2) is 0 Å². The molecule has 1 fully saturated rings. The van der Waals surface area contributed by atoms with Gasteiger partial charge in [0.1, 0.15) is 6.34 Å². The van der Waals surface area contributed by atoms with E-state index < -0.39 is 0 Å². The molecule has 5 N–H and O–H groups in total. The van der Waals surface area contributed by atoms with E-state index in [1.54, 1.807) is 0 Å². The summed E-state index contributed by atoms with van der Waals surface area (Å²) >= 11 is 0. The van der Waals surface area contributed by atoms with Crippen molar-refractivity contribution in [1.82, 2.24) is 16.0 Å². The van der Waals surface area contributed by atoms with Gasteiger partial charge in [-0.15, -0.1) is 0 Å². The van der Waals surface area contributed by atoms with Gasteiger partial charge in [0, 0.05) is 30.4 Å². The number of nitrogens with one attached hydrogen (secondary N) is 3. The first-order valence-corrected chi connectivity index (χ1v) is 13.1. The van der Waals surface area contributed by atoms with Crippen LogP contribution in [0, 0.1) is 0 Å². The molecule has 0 aromatic heterocycles. The summed E-state index contributed by atoms with van der Waals surface area (Å²) in [5.41, 5.74) is 9.49. The number of benzene rings is 1. The highest BCUT2D eigenvalue weighted by molar-refractivity contribution is 5.77. The van der Waals surface area contributed by atoms with Crippen molar-refractivity contribution in [3.63, 3.8) is 0 Å². The number of aliphatic imine (C=N–C) groups is 2. The van der Waals surface area contributed by atoms with Gasteiger partial charge in [-0.25, -0.2) is 0 Å². The lowest BCUT2D eigenvalue weighted by atomic mass is 10.1. The molecular weight excluding hydrogens is 460 g/mol. The predicted octanol–water partition coefficient (Wildman–Crippen LogP) is 5.47. The van der Waals surface area contributed by atoms with Crippen LogP contribution in [0.3, 0.4) is 0 Å². The van der Waals surface area contributed by atoms with Crippen molar-refractivity contribution in [3.05, 3.63) is 65.5 Å². The average Bonchev–Trinajstić information content (AvgIpc) is 3.30. The number of hydrogen-bond acceptors (Lipinski definition) is 5. The fourth-order valence-electron chi connectivity index (χ4n) is 3.41. The van der Waals surface area contributed by atoms with Crippen molar-refractivity contribution >= 4 is 25.0 Å². The van der Waals surface area contributed by atoms with Gasteiger partial charge in [0.05, 0.1) is 0 Å². The number of rotatable bonds is 8. The lowest BCUT2D eigenvalue weighted by Crippen LogP contribution is -2.25. The Labute approximate surface area is 226 Å². The highest BCUT2D eigenvalue weighted by Crippen LogP contribution is 2.21. The van der Waals surface area contributed by atoms with Crippen LogP contribution in [0.15, 0.2) is 69.9 Å². The molecule has 1 saturated heterocycles. The molecule has 1 amide bonds. The number of amides is 1. The number of carbonyl (C=O) groups excluding carboxylic acids is 1. The van der Waals surface area contributed by atoms with Crippen molar-refractivity contribution in [2.45, 2.75) is 72.8 Å². The van der Waals surface area contributed by atoms with Crippen LogP contribution >= 0.6 is 0 Å². The lowest BCUT2D eigenvalue weighted by Gasteiger charge is -2.10. The van der Waals surface area contributed by atoms with Crippen LogP contribution in [0.1, 0.15) is 72.3 Å². The number of allylic oxidation sites excluding steroid dienone is 4. The Morgan fingerprint density at radius 2 is 1.89 bits per heavy atom. The van der Waals surface area contributed by atoms with Gasteiger partial charge >= 0.3 is 0 Å². The fraction of sp³-hybridized carbons (Fsp3) is 0.500. The second-order valence-corrected chi connectivity index (χ2v) is 8.06. The Kier molecular flexibility index (Phi) is 25.4. The summed E-state index contributed by atoms with van der Waals surface area (Å²) in [7, 11) is 2.05. The summed E-state index contributed by atoms with van der Waals surface area (Å²) in [4.78, 5) is 17.9. The normalized spacial score (nSPS) is 16.5. The second-order valence-electron chi connectivity index (χ2n) is 8.06. The van der Waals surface area contributed by atoms with Gasteiger partial charge in [-0.3, -0.25) is 14.8 Å². The van der Waals surface area contributed by atoms with Crippen molar-refractivity contribution in [2.75, 3.05) is 26.7 Å². The molecule has 1 heterocycles. The fourth-order valence-corrected chi connectivity index (χ4v) is 3.41. The highest BCUT2D eigenvalue weighted by atomic mass is 16.1. The van der Waals surface area contributed by atoms with Gasteiger partial charge in [-0.05, 0) is 75.8 Å². The topological polar surface area (TPSA) is 104 Å². The monoisotopic (exact) mass is 512 g/mol. The second kappa shape index (κ2) is 26.0. The van der Waals surface area contributed by atoms with Gasteiger partial charge in [-0.1, -0.05) is 71.0 Å². The maximum absolute atomic E-state index is 10.5. The van der Waals surface area contributed by atoms with Crippen molar-refractivity contribution in [1.29, 1.82) is 0 Å². The van der Waals surface area contributed by atoms with E-state index in [0.29, 0.717) is 12.8 Å². The molecule has 1 atom stereocenters. The first-order chi connectivity index (χ1) is 17.6.